The fourth-order valence-corrected chi connectivity index (χ4v) is 5.05. The van der Waals surface area contributed by atoms with Crippen molar-refractivity contribution in [3.8, 4) is 45.7 Å². The van der Waals surface area contributed by atoms with Gasteiger partial charge in [-0.25, -0.2) is 23.5 Å². The summed E-state index contributed by atoms with van der Waals surface area (Å²) in [4.78, 5) is 47.6. The molecule has 6 heterocycles. The van der Waals surface area contributed by atoms with E-state index in [0.29, 0.717) is 89.1 Å². The first-order valence-corrected chi connectivity index (χ1v) is 17.7. The number of nitrogens with one attached hydrogen (secondary N) is 1. The van der Waals surface area contributed by atoms with Crippen LogP contribution in [0.15, 0.2) is 116 Å². The highest BCUT2D eigenvalue weighted by Crippen LogP contribution is 2.21. The molecule has 0 aliphatic heterocycles. The van der Waals surface area contributed by atoms with Gasteiger partial charge >= 0.3 is 5.97 Å². The average molecular weight is 805 g/mol. The smallest absolute Gasteiger partial charge is 0.337 e. The van der Waals surface area contributed by atoms with Crippen molar-refractivity contribution in [3.63, 3.8) is 0 Å². The van der Waals surface area contributed by atoms with Gasteiger partial charge in [0.25, 0.3) is 5.91 Å². The number of nitrogens with two attached hydrogens (primary N) is 1. The van der Waals surface area contributed by atoms with Crippen LogP contribution in [0.2, 0.25) is 0 Å². The third kappa shape index (κ3) is 11.4. The van der Waals surface area contributed by atoms with E-state index < -0.39 is 5.97 Å². The van der Waals surface area contributed by atoms with Crippen molar-refractivity contribution in [2.75, 3.05) is 13.1 Å². The van der Waals surface area contributed by atoms with Crippen molar-refractivity contribution < 1.29 is 41.4 Å². The number of amides is 1. The molecule has 19 heteroatoms. The molecule has 2 aromatic carbocycles. The Bertz CT molecular complexity index is 2620. The zero-order valence-corrected chi connectivity index (χ0v) is 31.4. The lowest BCUT2D eigenvalue weighted by molar-refractivity contribution is 0.0696. The summed E-state index contributed by atoms with van der Waals surface area (Å²) in [6.07, 6.45) is 10.0. The first-order chi connectivity index (χ1) is 28.5. The number of aromatic carboxylic acids is 1. The number of benzene rings is 2. The van der Waals surface area contributed by atoms with Gasteiger partial charge in [0.1, 0.15) is 24.2 Å². The lowest BCUT2D eigenvalue weighted by Gasteiger charge is -2.04. The lowest BCUT2D eigenvalue weighted by Crippen LogP contribution is -2.25. The second-order valence-electron chi connectivity index (χ2n) is 12.4. The summed E-state index contributed by atoms with van der Waals surface area (Å²) in [5, 5.41) is 19.1. The van der Waals surface area contributed by atoms with E-state index in [2.05, 4.69) is 45.5 Å². The monoisotopic (exact) mass is 804 g/mol. The molecule has 0 bridgehead atoms. The Labute approximate surface area is 333 Å². The van der Waals surface area contributed by atoms with Crippen LogP contribution in [0.3, 0.4) is 0 Å². The van der Waals surface area contributed by atoms with E-state index >= 15 is 0 Å². The molecule has 0 saturated carbocycles. The third-order valence-corrected chi connectivity index (χ3v) is 7.91. The highest BCUT2D eigenvalue weighted by Gasteiger charge is 2.13. The summed E-state index contributed by atoms with van der Waals surface area (Å²) in [5.41, 5.74) is 9.93. The Morgan fingerprint density at radius 1 is 0.661 bits per heavy atom. The molecule has 1 amide bonds. The summed E-state index contributed by atoms with van der Waals surface area (Å²) in [6, 6.07) is 15.0. The molecule has 17 nitrogen and oxygen atoms in total. The minimum absolute atomic E-state index is 0.0925. The van der Waals surface area contributed by atoms with Crippen molar-refractivity contribution >= 4 is 11.9 Å². The fourth-order valence-electron chi connectivity index (χ4n) is 5.05. The molecule has 8 aromatic rings. The number of carboxylic acids is 1. The summed E-state index contributed by atoms with van der Waals surface area (Å²) in [6.45, 7) is 4.24. The predicted octanol–water partition coefficient (Wildman–Crippen LogP) is 6.33. The van der Waals surface area contributed by atoms with Gasteiger partial charge in [-0.05, 0) is 67.2 Å². The predicted molar refractivity (Wildman–Crippen MR) is 204 cm³/mol. The number of oxazole rings is 2. The molecule has 6 aromatic heterocycles. The quantitative estimate of drug-likeness (QED) is 0.129. The number of aromatic nitrogens is 8. The molecule has 0 unspecified atom stereocenters. The normalized spacial score (nSPS) is 10.6. The molecule has 4 N–H and O–H groups in total. The first kappa shape index (κ1) is 40.9. The van der Waals surface area contributed by atoms with Crippen LogP contribution in [0.25, 0.3) is 45.7 Å². The maximum atomic E-state index is 13.0. The van der Waals surface area contributed by atoms with Crippen LogP contribution in [0.1, 0.15) is 43.9 Å². The Morgan fingerprint density at radius 2 is 1.14 bits per heavy atom. The van der Waals surface area contributed by atoms with Crippen molar-refractivity contribution in [3.05, 3.63) is 144 Å². The van der Waals surface area contributed by atoms with Gasteiger partial charge in [0.05, 0.1) is 22.5 Å². The van der Waals surface area contributed by atoms with Crippen molar-refractivity contribution in [1.82, 2.24) is 45.5 Å². The SMILES string of the molecule is Cc1nc(-c2cncc(C(=O)NCCc3coc(-c4ccc(F)cc4)n3)c2)no1.Cc1nc(-c2cncc(C(=O)O)c2)no1.NCCc1coc(-c2ccc(F)cc2)n1. The van der Waals surface area contributed by atoms with E-state index in [4.69, 9.17) is 28.7 Å². The second-order valence-corrected chi connectivity index (χ2v) is 12.4. The topological polar surface area (TPSA) is 248 Å². The summed E-state index contributed by atoms with van der Waals surface area (Å²) in [5.74, 6) is 0.559. The molecule has 8 rings (SSSR count). The average Bonchev–Trinajstić information content (AvgIpc) is 4.09. The van der Waals surface area contributed by atoms with Crippen LogP contribution in [0.5, 0.6) is 0 Å². The largest absolute Gasteiger partial charge is 0.478 e. The third-order valence-electron chi connectivity index (χ3n) is 7.91. The number of pyridine rings is 2. The lowest BCUT2D eigenvalue weighted by atomic mass is 10.2. The molecule has 0 radical (unpaired) electrons. The Balaban J connectivity index is 0.000000164. The Morgan fingerprint density at radius 3 is 1.59 bits per heavy atom. The maximum absolute atomic E-state index is 13.0. The van der Waals surface area contributed by atoms with Gasteiger partial charge in [0.2, 0.25) is 35.2 Å². The summed E-state index contributed by atoms with van der Waals surface area (Å²) in [7, 11) is 0. The number of halogens is 2. The number of carbonyl (C=O) groups is 2. The molecular formula is C40H34F2N10O7. The number of rotatable bonds is 11. The van der Waals surface area contributed by atoms with Gasteiger partial charge in [0, 0.05) is 80.3 Å². The van der Waals surface area contributed by atoms with Crippen molar-refractivity contribution in [2.45, 2.75) is 26.7 Å². The van der Waals surface area contributed by atoms with Crippen LogP contribution >= 0.6 is 0 Å². The number of hydrogen-bond donors (Lipinski definition) is 3. The van der Waals surface area contributed by atoms with Crippen molar-refractivity contribution in [2.24, 2.45) is 5.73 Å². The highest BCUT2D eigenvalue weighted by atomic mass is 19.1. The van der Waals surface area contributed by atoms with Gasteiger partial charge in [-0.2, -0.15) is 9.97 Å². The molecule has 300 valence electrons. The number of nitrogens with zero attached hydrogens (tertiary/aromatic N) is 8. The van der Waals surface area contributed by atoms with Crippen LogP contribution in [0, 0.1) is 25.5 Å². The standard InChI is InChI=1S/C20H16FN5O3.C11H11FN2O.C9H7N3O3/c1-12-24-18(26-29-12)14-8-15(10-22-9-14)19(27)23-7-6-17-11-28-20(25-17)13-2-4-16(21)5-3-13;12-9-3-1-8(2-4-9)11-14-10(5-6-13)7-15-11;1-5-11-8(12-15-5)6-2-7(9(13)14)4-10-3-6/h2-5,8-11H,6-7H2,1H3,(H,23,27);1-4,7H,5-6,13H2;2-4H,1H3,(H,13,14). The number of carbonyl (C=O) groups excluding carboxylic acids is 1. The van der Waals surface area contributed by atoms with E-state index in [1.54, 1.807) is 56.6 Å². The minimum Gasteiger partial charge on any atom is -0.478 e. The Hall–Kier alpha value is -7.80. The van der Waals surface area contributed by atoms with Crippen LogP contribution in [-0.4, -0.2) is 70.3 Å². The van der Waals surface area contributed by atoms with E-state index in [1.807, 2.05) is 0 Å². The van der Waals surface area contributed by atoms with Gasteiger partial charge in [-0.1, -0.05) is 10.3 Å². The van der Waals surface area contributed by atoms with Gasteiger partial charge in [0.15, 0.2) is 0 Å². The van der Waals surface area contributed by atoms with E-state index in [0.717, 1.165) is 11.3 Å². The molecule has 0 aliphatic carbocycles. The minimum atomic E-state index is -1.04. The van der Waals surface area contributed by atoms with Gasteiger partial charge < -0.3 is 34.0 Å². The first-order valence-electron chi connectivity index (χ1n) is 17.7. The van der Waals surface area contributed by atoms with Crippen LogP contribution < -0.4 is 11.1 Å². The van der Waals surface area contributed by atoms with Crippen LogP contribution in [0.4, 0.5) is 8.78 Å². The molecule has 0 spiro atoms. The molecule has 0 saturated heterocycles. The van der Waals surface area contributed by atoms with Gasteiger partial charge in [-0.15, -0.1) is 0 Å². The maximum Gasteiger partial charge on any atom is 0.337 e. The summed E-state index contributed by atoms with van der Waals surface area (Å²) >= 11 is 0. The molecular weight excluding hydrogens is 770 g/mol. The summed E-state index contributed by atoms with van der Waals surface area (Å²) < 4.78 is 46.1. The van der Waals surface area contributed by atoms with E-state index in [-0.39, 0.29) is 23.1 Å². The zero-order valence-electron chi connectivity index (χ0n) is 31.4. The second kappa shape index (κ2) is 19.4. The molecule has 59 heavy (non-hydrogen) atoms. The van der Waals surface area contributed by atoms with Gasteiger partial charge in [-0.3, -0.25) is 14.8 Å². The number of carboxylic acid groups (broad SMARTS) is 1. The Kier molecular flexibility index (Phi) is 13.4. The fraction of sp³-hybridized carbons (Fsp3) is 0.150. The number of hydrogen-bond acceptors (Lipinski definition) is 15. The van der Waals surface area contributed by atoms with E-state index in [9.17, 15) is 18.4 Å². The molecule has 0 aliphatic rings. The number of aryl methyl sites for hydroxylation is 2. The van der Waals surface area contributed by atoms with Crippen LogP contribution in [-0.2, 0) is 12.8 Å². The van der Waals surface area contributed by atoms with Crippen molar-refractivity contribution in [1.29, 1.82) is 0 Å². The molecule has 0 atom stereocenters. The molecule has 0 fully saturated rings. The highest BCUT2D eigenvalue weighted by molar-refractivity contribution is 5.94. The zero-order chi connectivity index (χ0) is 41.7. The van der Waals surface area contributed by atoms with E-state index in [1.165, 1.54) is 55.2 Å².